The van der Waals surface area contributed by atoms with Crippen LogP contribution in [0.5, 0.6) is 0 Å². The molecule has 0 N–H and O–H groups in total. The third-order valence-electron chi connectivity index (χ3n) is 3.00. The molecule has 1 aliphatic rings. The van der Waals surface area contributed by atoms with Gasteiger partial charge in [-0.05, 0) is 6.07 Å². The molecule has 6 atom stereocenters. The minimum Gasteiger partial charge on any atom is -0.312 e. The van der Waals surface area contributed by atoms with Crippen molar-refractivity contribution in [3.05, 3.63) is 34.2 Å². The van der Waals surface area contributed by atoms with Crippen LogP contribution in [0.4, 0.5) is 0 Å². The first-order valence-electron chi connectivity index (χ1n) is 4.85. The average Bonchev–Trinajstić information content (AvgIpc) is 2.57. The van der Waals surface area contributed by atoms with E-state index in [9.17, 15) is 4.79 Å². The van der Waals surface area contributed by atoms with Gasteiger partial charge in [-0.3, -0.25) is 4.79 Å². The molecule has 1 aliphatic heterocycles. The van der Waals surface area contributed by atoms with Gasteiger partial charge in [0.15, 0.2) is 0 Å². The van der Waals surface area contributed by atoms with Gasteiger partial charge in [-0.1, -0.05) is 28.2 Å². The molecular formula is C9H15NOP4. The van der Waals surface area contributed by atoms with Crippen molar-refractivity contribution in [1.29, 1.82) is 0 Å². The highest BCUT2D eigenvalue weighted by Gasteiger charge is 2.32. The van der Waals surface area contributed by atoms with E-state index in [1.54, 1.807) is 6.07 Å². The van der Waals surface area contributed by atoms with Crippen LogP contribution in [0.1, 0.15) is 18.5 Å². The summed E-state index contributed by atoms with van der Waals surface area (Å²) in [5.41, 5.74) is 2.02. The van der Waals surface area contributed by atoms with Crippen LogP contribution in [0.2, 0.25) is 0 Å². The number of hydrogen-bond acceptors (Lipinski definition) is 1. The second-order valence-corrected chi connectivity index (χ2v) is 13.4. The van der Waals surface area contributed by atoms with Crippen molar-refractivity contribution < 1.29 is 0 Å². The van der Waals surface area contributed by atoms with Crippen molar-refractivity contribution in [2.45, 2.75) is 25.0 Å². The molecule has 0 fully saturated rings. The van der Waals surface area contributed by atoms with Crippen LogP contribution in [0.25, 0.3) is 0 Å². The van der Waals surface area contributed by atoms with Crippen LogP contribution in [0.3, 0.4) is 0 Å². The van der Waals surface area contributed by atoms with Gasteiger partial charge in [0.1, 0.15) is 0 Å². The largest absolute Gasteiger partial charge is 0.312 e. The summed E-state index contributed by atoms with van der Waals surface area (Å²) in [4.78, 5) is 11.7. The highest BCUT2D eigenvalue weighted by atomic mass is 32.6. The molecule has 1 aromatic rings. The normalized spacial score (nSPS) is 27.1. The lowest BCUT2D eigenvalue weighted by atomic mass is 10.1. The molecule has 6 unspecified atom stereocenters. The Morgan fingerprint density at radius 1 is 1.60 bits per heavy atom. The highest BCUT2D eigenvalue weighted by molar-refractivity contribution is 8.61. The Hall–Kier alpha value is 0.670. The van der Waals surface area contributed by atoms with E-state index < -0.39 is 0 Å². The van der Waals surface area contributed by atoms with Crippen LogP contribution in [0, 0.1) is 0 Å². The fourth-order valence-corrected chi connectivity index (χ4v) is 7.53. The first-order valence-corrected chi connectivity index (χ1v) is 11.5. The number of fused-ring (bicyclic) bond motifs is 1. The fraction of sp³-hybridized carbons (Fsp3) is 0.444. The zero-order valence-corrected chi connectivity index (χ0v) is 12.8. The number of rotatable bonds is 2. The summed E-state index contributed by atoms with van der Waals surface area (Å²) in [6.07, 6.45) is 0. The molecular weight excluding hydrogens is 262 g/mol. The van der Waals surface area contributed by atoms with E-state index in [-0.39, 0.29) is 12.9 Å². The molecule has 0 amide bonds. The SMILES string of the molecule is CC1c2cccc(=O)n2CC1P(P)PP. The molecule has 0 radical (unpaired) electrons. The van der Waals surface area contributed by atoms with Crippen LogP contribution < -0.4 is 5.56 Å². The lowest BCUT2D eigenvalue weighted by molar-refractivity contribution is 0.707. The minimum atomic E-state index is -0.0299. The molecule has 2 heterocycles. The van der Waals surface area contributed by atoms with E-state index in [0.717, 1.165) is 14.5 Å². The van der Waals surface area contributed by atoms with Gasteiger partial charge < -0.3 is 4.57 Å². The summed E-state index contributed by atoms with van der Waals surface area (Å²) in [6.45, 7) is 3.15. The molecule has 15 heavy (non-hydrogen) atoms. The molecule has 82 valence electrons. The minimum absolute atomic E-state index is 0.0299. The average molecular weight is 277 g/mol. The van der Waals surface area contributed by atoms with Gasteiger partial charge in [0.05, 0.1) is 0 Å². The summed E-state index contributed by atoms with van der Waals surface area (Å²) in [5.74, 6) is 0.524. The molecule has 2 nitrogen and oxygen atoms in total. The summed E-state index contributed by atoms with van der Waals surface area (Å²) in [7, 11) is 6.69. The molecule has 0 saturated heterocycles. The molecule has 0 bridgehead atoms. The number of aromatic nitrogens is 1. The fourth-order valence-electron chi connectivity index (χ4n) is 2.10. The Morgan fingerprint density at radius 3 is 2.93 bits per heavy atom. The zero-order chi connectivity index (χ0) is 11.0. The summed E-state index contributed by atoms with van der Waals surface area (Å²) in [5, 5.41) is 0. The maximum absolute atomic E-state index is 11.7. The van der Waals surface area contributed by atoms with Gasteiger partial charge in [0, 0.05) is 29.9 Å². The summed E-state index contributed by atoms with van der Waals surface area (Å²) >= 11 is 0. The lowest BCUT2D eigenvalue weighted by Crippen LogP contribution is -2.18. The van der Waals surface area contributed by atoms with Crippen LogP contribution in [-0.4, -0.2) is 10.2 Å². The maximum atomic E-state index is 11.7. The van der Waals surface area contributed by atoms with Crippen LogP contribution in [0.15, 0.2) is 23.0 Å². The van der Waals surface area contributed by atoms with Crippen molar-refractivity contribution in [3.63, 3.8) is 0 Å². The Labute approximate surface area is 97.2 Å². The number of hydrogen-bond donors (Lipinski definition) is 0. The third-order valence-corrected chi connectivity index (χ3v) is 14.4. The van der Waals surface area contributed by atoms with E-state index in [2.05, 4.69) is 30.8 Å². The molecule has 0 spiro atoms. The van der Waals surface area contributed by atoms with E-state index in [1.807, 2.05) is 10.6 Å². The Morgan fingerprint density at radius 2 is 2.33 bits per heavy atom. The molecule has 2 rings (SSSR count). The highest BCUT2D eigenvalue weighted by Crippen LogP contribution is 2.72. The van der Waals surface area contributed by atoms with Crippen LogP contribution in [-0.2, 0) is 6.54 Å². The second-order valence-electron chi connectivity index (χ2n) is 3.79. The monoisotopic (exact) mass is 277 g/mol. The molecule has 0 aliphatic carbocycles. The van der Waals surface area contributed by atoms with Crippen molar-refractivity contribution in [1.82, 2.24) is 4.57 Å². The summed E-state index contributed by atoms with van der Waals surface area (Å²) in [6, 6.07) is 5.62. The van der Waals surface area contributed by atoms with Gasteiger partial charge in [-0.2, -0.15) is 0 Å². The topological polar surface area (TPSA) is 22.0 Å². The quantitative estimate of drug-likeness (QED) is 0.762. The van der Waals surface area contributed by atoms with E-state index in [1.165, 1.54) is 5.69 Å². The third kappa shape index (κ3) is 2.21. The summed E-state index contributed by atoms with van der Waals surface area (Å²) < 4.78 is 1.94. The molecule has 0 saturated carbocycles. The predicted octanol–water partition coefficient (Wildman–Crippen LogP) is 2.99. The molecule has 0 aromatic carbocycles. The number of pyridine rings is 1. The van der Waals surface area contributed by atoms with E-state index >= 15 is 0 Å². The first kappa shape index (κ1) is 12.1. The lowest BCUT2D eigenvalue weighted by Gasteiger charge is -2.20. The van der Waals surface area contributed by atoms with Crippen LogP contribution >= 0.6 is 33.1 Å². The molecule has 6 heteroatoms. The zero-order valence-electron chi connectivity index (χ0n) is 8.55. The van der Waals surface area contributed by atoms with E-state index in [0.29, 0.717) is 11.6 Å². The van der Waals surface area contributed by atoms with Gasteiger partial charge in [0.2, 0.25) is 0 Å². The standard InChI is InChI=1S/C9H15NOP4/c1-6-7-3-2-4-9(11)10(7)5-8(6)15(13)14-12/h2-4,6,8,14H,5,12-13H2,1H3. The van der Waals surface area contributed by atoms with Crippen molar-refractivity contribution in [3.8, 4) is 0 Å². The van der Waals surface area contributed by atoms with E-state index in [4.69, 9.17) is 0 Å². The first-order chi connectivity index (χ1) is 7.15. The van der Waals surface area contributed by atoms with Crippen molar-refractivity contribution in [2.24, 2.45) is 0 Å². The van der Waals surface area contributed by atoms with Crippen molar-refractivity contribution >= 4 is 33.1 Å². The second kappa shape index (κ2) is 4.89. The van der Waals surface area contributed by atoms with Gasteiger partial charge in [-0.15, -0.1) is 17.9 Å². The Balaban J connectivity index is 2.37. The van der Waals surface area contributed by atoms with Gasteiger partial charge >= 0.3 is 0 Å². The van der Waals surface area contributed by atoms with Gasteiger partial charge in [-0.25, -0.2) is 0 Å². The molecule has 1 aromatic heterocycles. The van der Waals surface area contributed by atoms with Crippen molar-refractivity contribution in [2.75, 3.05) is 0 Å². The Kier molecular flexibility index (Phi) is 3.96. The Bertz CT molecular complexity index is 419. The number of nitrogens with zero attached hydrogens (tertiary/aromatic N) is 1. The maximum Gasteiger partial charge on any atom is 0.250 e. The smallest absolute Gasteiger partial charge is 0.250 e. The van der Waals surface area contributed by atoms with Gasteiger partial charge in [0.25, 0.3) is 5.56 Å². The predicted molar refractivity (Wildman–Crippen MR) is 77.6 cm³/mol.